The zero-order valence-corrected chi connectivity index (χ0v) is 12.2. The number of anilines is 1. The first-order valence-electron chi connectivity index (χ1n) is 7.15. The molecule has 106 valence electrons. The van der Waals surface area contributed by atoms with Crippen LogP contribution < -0.4 is 10.2 Å². The molecule has 0 bridgehead atoms. The first kappa shape index (κ1) is 14.3. The minimum atomic E-state index is 0.485. The van der Waals surface area contributed by atoms with Crippen molar-refractivity contribution in [2.24, 2.45) is 0 Å². The molecule has 2 rings (SSSR count). The molecule has 0 aromatic carbocycles. The summed E-state index contributed by atoms with van der Waals surface area (Å²) in [5.74, 6) is 0. The first-order chi connectivity index (χ1) is 9.16. The second-order valence-corrected chi connectivity index (χ2v) is 5.50. The van der Waals surface area contributed by atoms with Crippen molar-refractivity contribution in [3.05, 3.63) is 24.0 Å². The van der Waals surface area contributed by atoms with Crippen LogP contribution in [0.3, 0.4) is 0 Å². The topological polar surface area (TPSA) is 37.4 Å². The lowest BCUT2D eigenvalue weighted by molar-refractivity contribution is 0.0855. The van der Waals surface area contributed by atoms with Crippen LogP contribution in [0.15, 0.2) is 18.3 Å². The number of nitrogens with zero attached hydrogens (tertiary/aromatic N) is 2. The quantitative estimate of drug-likeness (QED) is 0.883. The van der Waals surface area contributed by atoms with Crippen LogP contribution in [0.4, 0.5) is 5.69 Å². The van der Waals surface area contributed by atoms with Gasteiger partial charge in [-0.2, -0.15) is 0 Å². The van der Waals surface area contributed by atoms with Gasteiger partial charge in [0.15, 0.2) is 0 Å². The van der Waals surface area contributed by atoms with Crippen molar-refractivity contribution >= 4 is 5.69 Å². The molecular weight excluding hydrogens is 238 g/mol. The molecule has 1 aliphatic heterocycles. The molecule has 19 heavy (non-hydrogen) atoms. The molecule has 0 aliphatic carbocycles. The van der Waals surface area contributed by atoms with Gasteiger partial charge in [-0.15, -0.1) is 0 Å². The fourth-order valence-electron chi connectivity index (χ4n) is 2.37. The van der Waals surface area contributed by atoms with E-state index in [0.717, 1.165) is 38.3 Å². The van der Waals surface area contributed by atoms with E-state index >= 15 is 0 Å². The molecule has 1 saturated heterocycles. The van der Waals surface area contributed by atoms with Crippen LogP contribution in [-0.2, 0) is 11.3 Å². The van der Waals surface area contributed by atoms with Gasteiger partial charge in [0.2, 0.25) is 0 Å². The second-order valence-electron chi connectivity index (χ2n) is 5.50. The predicted molar refractivity (Wildman–Crippen MR) is 78.5 cm³/mol. The highest BCUT2D eigenvalue weighted by molar-refractivity contribution is 5.46. The lowest BCUT2D eigenvalue weighted by atomic mass is 10.1. The predicted octanol–water partition coefficient (Wildman–Crippen LogP) is 2.19. The summed E-state index contributed by atoms with van der Waals surface area (Å²) < 4.78 is 5.43. The Morgan fingerprint density at radius 3 is 2.84 bits per heavy atom. The average Bonchev–Trinajstić information content (AvgIpc) is 2.45. The molecule has 1 aliphatic rings. The van der Waals surface area contributed by atoms with Crippen molar-refractivity contribution in [1.29, 1.82) is 0 Å². The third-order valence-corrected chi connectivity index (χ3v) is 3.64. The molecule has 4 nitrogen and oxygen atoms in total. The van der Waals surface area contributed by atoms with E-state index in [9.17, 15) is 0 Å². The van der Waals surface area contributed by atoms with Crippen molar-refractivity contribution < 1.29 is 4.74 Å². The van der Waals surface area contributed by atoms with Gasteiger partial charge in [0.05, 0.1) is 5.69 Å². The van der Waals surface area contributed by atoms with E-state index in [1.807, 2.05) is 6.20 Å². The first-order valence-corrected chi connectivity index (χ1v) is 7.15. The minimum Gasteiger partial charge on any atom is -0.381 e. The Labute approximate surface area is 116 Å². The summed E-state index contributed by atoms with van der Waals surface area (Å²) in [5.41, 5.74) is 2.35. The van der Waals surface area contributed by atoms with Gasteiger partial charge >= 0.3 is 0 Å². The van der Waals surface area contributed by atoms with Gasteiger partial charge in [-0.25, -0.2) is 0 Å². The van der Waals surface area contributed by atoms with E-state index in [-0.39, 0.29) is 0 Å². The van der Waals surface area contributed by atoms with Crippen LogP contribution in [0, 0.1) is 0 Å². The number of ether oxygens (including phenoxy) is 1. The van der Waals surface area contributed by atoms with Gasteiger partial charge in [0.1, 0.15) is 0 Å². The average molecular weight is 263 g/mol. The zero-order valence-electron chi connectivity index (χ0n) is 12.2. The molecule has 1 aromatic heterocycles. The number of pyridine rings is 1. The van der Waals surface area contributed by atoms with Gasteiger partial charge in [-0.1, -0.05) is 13.8 Å². The van der Waals surface area contributed by atoms with Gasteiger partial charge in [0, 0.05) is 50.8 Å². The van der Waals surface area contributed by atoms with Crippen molar-refractivity contribution in [3.8, 4) is 0 Å². The van der Waals surface area contributed by atoms with Crippen molar-refractivity contribution in [1.82, 2.24) is 10.3 Å². The summed E-state index contributed by atoms with van der Waals surface area (Å²) in [7, 11) is 2.17. The Morgan fingerprint density at radius 1 is 1.42 bits per heavy atom. The Morgan fingerprint density at radius 2 is 2.16 bits per heavy atom. The van der Waals surface area contributed by atoms with Crippen LogP contribution in [0.1, 0.15) is 32.4 Å². The van der Waals surface area contributed by atoms with Crippen LogP contribution in [0.5, 0.6) is 0 Å². The molecule has 4 heteroatoms. The Bertz CT molecular complexity index is 389. The van der Waals surface area contributed by atoms with Crippen molar-refractivity contribution in [2.45, 2.75) is 45.3 Å². The molecule has 0 saturated carbocycles. The van der Waals surface area contributed by atoms with E-state index in [1.165, 1.54) is 5.69 Å². The number of aromatic nitrogens is 1. The van der Waals surface area contributed by atoms with Gasteiger partial charge < -0.3 is 15.0 Å². The molecule has 0 atom stereocenters. The largest absolute Gasteiger partial charge is 0.381 e. The van der Waals surface area contributed by atoms with Gasteiger partial charge in [0.25, 0.3) is 0 Å². The fraction of sp³-hybridized carbons (Fsp3) is 0.667. The summed E-state index contributed by atoms with van der Waals surface area (Å²) in [6, 6.07) is 5.35. The van der Waals surface area contributed by atoms with E-state index in [2.05, 4.69) is 48.2 Å². The van der Waals surface area contributed by atoms with Crippen LogP contribution in [0.2, 0.25) is 0 Å². The van der Waals surface area contributed by atoms with Crippen LogP contribution >= 0.6 is 0 Å². The molecule has 0 amide bonds. The molecular formula is C15H25N3O. The number of rotatable bonds is 5. The third-order valence-electron chi connectivity index (χ3n) is 3.64. The van der Waals surface area contributed by atoms with Crippen LogP contribution in [0.25, 0.3) is 0 Å². The normalized spacial score (nSPS) is 16.8. The van der Waals surface area contributed by atoms with Crippen molar-refractivity contribution in [2.75, 3.05) is 25.2 Å². The smallest absolute Gasteiger partial charge is 0.0562 e. The van der Waals surface area contributed by atoms with E-state index < -0.39 is 0 Å². The Hall–Kier alpha value is -1.13. The van der Waals surface area contributed by atoms with Gasteiger partial charge in [-0.05, 0) is 25.0 Å². The Kier molecular flexibility index (Phi) is 5.16. The zero-order chi connectivity index (χ0) is 13.7. The number of nitrogens with one attached hydrogen (secondary N) is 1. The summed E-state index contributed by atoms with van der Waals surface area (Å²) >= 11 is 0. The van der Waals surface area contributed by atoms with Gasteiger partial charge in [-0.3, -0.25) is 4.98 Å². The lowest BCUT2D eigenvalue weighted by Gasteiger charge is -2.33. The minimum absolute atomic E-state index is 0.485. The molecule has 1 N–H and O–H groups in total. The monoisotopic (exact) mass is 263 g/mol. The maximum absolute atomic E-state index is 5.43. The fourth-order valence-corrected chi connectivity index (χ4v) is 2.37. The highest BCUT2D eigenvalue weighted by Crippen LogP contribution is 2.21. The summed E-state index contributed by atoms with van der Waals surface area (Å²) in [5, 5.41) is 3.41. The maximum Gasteiger partial charge on any atom is 0.0562 e. The second kappa shape index (κ2) is 6.87. The van der Waals surface area contributed by atoms with E-state index in [0.29, 0.717) is 12.1 Å². The molecule has 1 fully saturated rings. The molecule has 1 aromatic rings. The van der Waals surface area contributed by atoms with Crippen LogP contribution in [-0.4, -0.2) is 37.3 Å². The van der Waals surface area contributed by atoms with E-state index in [1.54, 1.807) is 0 Å². The highest BCUT2D eigenvalue weighted by atomic mass is 16.5. The van der Waals surface area contributed by atoms with Crippen molar-refractivity contribution in [3.63, 3.8) is 0 Å². The molecule has 0 radical (unpaired) electrons. The molecule has 0 spiro atoms. The maximum atomic E-state index is 5.43. The molecule has 2 heterocycles. The summed E-state index contributed by atoms with van der Waals surface area (Å²) in [6.07, 6.45) is 4.12. The SMILES string of the molecule is CC(C)NCc1cc(N(C)C2CCOCC2)ccn1. The van der Waals surface area contributed by atoms with E-state index in [4.69, 9.17) is 4.74 Å². The third kappa shape index (κ3) is 4.18. The Balaban J connectivity index is 2.00. The summed E-state index contributed by atoms with van der Waals surface area (Å²) in [6.45, 7) is 6.88. The lowest BCUT2D eigenvalue weighted by Crippen LogP contribution is -2.36. The highest BCUT2D eigenvalue weighted by Gasteiger charge is 2.18. The molecule has 0 unspecified atom stereocenters. The summed E-state index contributed by atoms with van der Waals surface area (Å²) in [4.78, 5) is 6.79. The standard InChI is InChI=1S/C15H25N3O/c1-12(2)17-11-13-10-15(4-7-16-13)18(3)14-5-8-19-9-6-14/h4,7,10,12,14,17H,5-6,8-9,11H2,1-3H3. The number of hydrogen-bond acceptors (Lipinski definition) is 4. The number of hydrogen-bond donors (Lipinski definition) is 1.